The maximum atomic E-state index is 14.3. The Hall–Kier alpha value is -4.37. The number of carbonyl (C=O) groups excluding carboxylic acids is 1. The molecule has 1 fully saturated rings. The van der Waals surface area contributed by atoms with E-state index >= 15 is 0 Å². The second kappa shape index (κ2) is 10.9. The average molecular weight is 513 g/mol. The number of likely N-dealkylation sites (tertiary alicyclic amines) is 1. The lowest BCUT2D eigenvalue weighted by Gasteiger charge is -2.21. The minimum atomic E-state index is -0.349. The topological polar surface area (TPSA) is 92.3 Å². The molecule has 0 spiro atoms. The molecule has 0 aliphatic carbocycles. The first kappa shape index (κ1) is 25.3. The number of benzene rings is 2. The third-order valence-corrected chi connectivity index (χ3v) is 6.55. The molecule has 2 aromatic carbocycles. The largest absolute Gasteiger partial charge is 0.487 e. The SMILES string of the molecule is C=CC(=O)Nc1cc2c(Nc3ccnc(-c4ccccc4F)c3)ncnc2cc1O[C@@H]1CCN(C(C)C)C1. The fraction of sp³-hybridized carbons (Fsp3) is 0.241. The van der Waals surface area contributed by atoms with Gasteiger partial charge < -0.3 is 15.4 Å². The van der Waals surface area contributed by atoms with E-state index in [1.54, 1.807) is 42.6 Å². The van der Waals surface area contributed by atoms with Gasteiger partial charge in [-0.15, -0.1) is 0 Å². The molecule has 3 heterocycles. The molecule has 1 atom stereocenters. The summed E-state index contributed by atoms with van der Waals surface area (Å²) in [5.74, 6) is 0.366. The van der Waals surface area contributed by atoms with Crippen molar-refractivity contribution in [2.75, 3.05) is 23.7 Å². The third-order valence-electron chi connectivity index (χ3n) is 6.55. The smallest absolute Gasteiger partial charge is 0.247 e. The molecular weight excluding hydrogens is 483 g/mol. The molecule has 0 saturated carbocycles. The van der Waals surface area contributed by atoms with Crippen LogP contribution in [0.4, 0.5) is 21.6 Å². The molecule has 194 valence electrons. The van der Waals surface area contributed by atoms with Gasteiger partial charge in [0.25, 0.3) is 0 Å². The number of aromatic nitrogens is 3. The second-order valence-corrected chi connectivity index (χ2v) is 9.43. The highest BCUT2D eigenvalue weighted by molar-refractivity contribution is 6.03. The number of anilines is 3. The van der Waals surface area contributed by atoms with Crippen LogP contribution in [0, 0.1) is 5.82 Å². The molecule has 38 heavy (non-hydrogen) atoms. The molecule has 0 bridgehead atoms. The van der Waals surface area contributed by atoms with E-state index in [0.29, 0.717) is 51.1 Å². The van der Waals surface area contributed by atoms with E-state index in [2.05, 4.69) is 50.9 Å². The Labute approximate surface area is 220 Å². The van der Waals surface area contributed by atoms with Crippen molar-refractivity contribution in [1.82, 2.24) is 19.9 Å². The number of hydrogen-bond donors (Lipinski definition) is 2. The first-order valence-electron chi connectivity index (χ1n) is 12.5. The molecule has 9 heteroatoms. The summed E-state index contributed by atoms with van der Waals surface area (Å²) < 4.78 is 20.7. The summed E-state index contributed by atoms with van der Waals surface area (Å²) >= 11 is 0. The van der Waals surface area contributed by atoms with Gasteiger partial charge >= 0.3 is 0 Å². The lowest BCUT2D eigenvalue weighted by atomic mass is 10.1. The van der Waals surface area contributed by atoms with Gasteiger partial charge in [0.1, 0.15) is 29.8 Å². The molecule has 2 N–H and O–H groups in total. The lowest BCUT2D eigenvalue weighted by Crippen LogP contribution is -2.30. The second-order valence-electron chi connectivity index (χ2n) is 9.43. The number of nitrogens with zero attached hydrogens (tertiary/aromatic N) is 4. The van der Waals surface area contributed by atoms with Crippen molar-refractivity contribution < 1.29 is 13.9 Å². The predicted molar refractivity (Wildman–Crippen MR) is 147 cm³/mol. The number of halogens is 1. The highest BCUT2D eigenvalue weighted by Gasteiger charge is 2.27. The van der Waals surface area contributed by atoms with E-state index in [-0.39, 0.29) is 17.8 Å². The Morgan fingerprint density at radius 2 is 2.03 bits per heavy atom. The van der Waals surface area contributed by atoms with E-state index in [9.17, 15) is 9.18 Å². The molecule has 8 nitrogen and oxygen atoms in total. The van der Waals surface area contributed by atoms with Crippen LogP contribution in [0.25, 0.3) is 22.2 Å². The summed E-state index contributed by atoms with van der Waals surface area (Å²) in [7, 11) is 0. The fourth-order valence-corrected chi connectivity index (χ4v) is 4.52. The van der Waals surface area contributed by atoms with E-state index in [1.165, 1.54) is 18.5 Å². The fourth-order valence-electron chi connectivity index (χ4n) is 4.52. The molecule has 5 rings (SSSR count). The predicted octanol–water partition coefficient (Wildman–Crippen LogP) is 5.56. The monoisotopic (exact) mass is 512 g/mol. The Bertz CT molecular complexity index is 1490. The van der Waals surface area contributed by atoms with Gasteiger partial charge in [-0.1, -0.05) is 18.7 Å². The van der Waals surface area contributed by atoms with Crippen LogP contribution >= 0.6 is 0 Å². The van der Waals surface area contributed by atoms with Crippen LogP contribution in [0.3, 0.4) is 0 Å². The zero-order valence-electron chi connectivity index (χ0n) is 21.3. The zero-order chi connectivity index (χ0) is 26.6. The molecule has 1 saturated heterocycles. The molecule has 0 radical (unpaired) electrons. The van der Waals surface area contributed by atoms with Crippen molar-refractivity contribution in [2.24, 2.45) is 0 Å². The van der Waals surface area contributed by atoms with Crippen LogP contribution in [0.15, 0.2) is 73.7 Å². The van der Waals surface area contributed by atoms with E-state index in [1.807, 2.05) is 6.07 Å². The lowest BCUT2D eigenvalue weighted by molar-refractivity contribution is -0.111. The van der Waals surface area contributed by atoms with Gasteiger partial charge in [0.2, 0.25) is 5.91 Å². The van der Waals surface area contributed by atoms with E-state index in [0.717, 1.165) is 19.5 Å². The number of carbonyl (C=O) groups is 1. The maximum absolute atomic E-state index is 14.3. The Morgan fingerprint density at radius 3 is 2.79 bits per heavy atom. The number of pyridine rings is 1. The highest BCUT2D eigenvalue weighted by atomic mass is 19.1. The highest BCUT2D eigenvalue weighted by Crippen LogP contribution is 2.35. The number of hydrogen-bond acceptors (Lipinski definition) is 7. The summed E-state index contributed by atoms with van der Waals surface area (Å²) in [6.45, 7) is 9.67. The van der Waals surface area contributed by atoms with Crippen LogP contribution in [0.1, 0.15) is 20.3 Å². The standard InChI is InChI=1S/C29H29FN6O2/c1-4-28(37)35-26-14-22-25(15-27(26)38-20-10-12-36(16-20)18(2)3)32-17-33-29(22)34-19-9-11-31-24(13-19)21-7-5-6-8-23(21)30/h4-9,11,13-15,17-18,20H,1,10,12,16H2,2-3H3,(H,35,37)(H,31,32,33,34)/t20-/m1/s1. The van der Waals surface area contributed by atoms with Gasteiger partial charge in [0.05, 0.1) is 16.9 Å². The number of nitrogens with one attached hydrogen (secondary N) is 2. The van der Waals surface area contributed by atoms with Gasteiger partial charge in [-0.2, -0.15) is 0 Å². The van der Waals surface area contributed by atoms with E-state index in [4.69, 9.17) is 4.74 Å². The number of amides is 1. The van der Waals surface area contributed by atoms with E-state index < -0.39 is 0 Å². The van der Waals surface area contributed by atoms with Gasteiger partial charge in [-0.3, -0.25) is 14.7 Å². The van der Waals surface area contributed by atoms with Crippen LogP contribution in [-0.4, -0.2) is 51.0 Å². The third kappa shape index (κ3) is 5.47. The number of ether oxygens (including phenoxy) is 1. The molecule has 2 aromatic heterocycles. The van der Waals surface area contributed by atoms with Crippen LogP contribution < -0.4 is 15.4 Å². The van der Waals surface area contributed by atoms with Gasteiger partial charge in [0.15, 0.2) is 0 Å². The minimum absolute atomic E-state index is 0.00212. The zero-order valence-corrected chi connectivity index (χ0v) is 21.3. The van der Waals surface area contributed by atoms with Gasteiger partial charge in [0, 0.05) is 48.0 Å². The van der Waals surface area contributed by atoms with Crippen molar-refractivity contribution >= 4 is 34.0 Å². The molecular formula is C29H29FN6O2. The molecule has 0 unspecified atom stereocenters. The van der Waals surface area contributed by atoms with Crippen molar-refractivity contribution in [2.45, 2.75) is 32.4 Å². The number of fused-ring (bicyclic) bond motifs is 1. The first-order chi connectivity index (χ1) is 18.4. The Balaban J connectivity index is 1.48. The minimum Gasteiger partial charge on any atom is -0.487 e. The molecule has 1 aliphatic heterocycles. The van der Waals surface area contributed by atoms with Crippen molar-refractivity contribution in [3.8, 4) is 17.0 Å². The molecule has 4 aromatic rings. The Morgan fingerprint density at radius 1 is 1.18 bits per heavy atom. The number of rotatable bonds is 8. The summed E-state index contributed by atoms with van der Waals surface area (Å²) in [5, 5.41) is 6.82. The van der Waals surface area contributed by atoms with Gasteiger partial charge in [-0.05, 0) is 56.7 Å². The van der Waals surface area contributed by atoms with Crippen LogP contribution in [-0.2, 0) is 4.79 Å². The average Bonchev–Trinajstić information content (AvgIpc) is 3.39. The molecule has 1 amide bonds. The van der Waals surface area contributed by atoms with Crippen molar-refractivity contribution in [3.63, 3.8) is 0 Å². The summed E-state index contributed by atoms with van der Waals surface area (Å²) in [4.78, 5) is 27.8. The Kier molecular flexibility index (Phi) is 7.28. The first-order valence-corrected chi connectivity index (χ1v) is 12.5. The summed E-state index contributed by atoms with van der Waals surface area (Å²) in [6.07, 6.45) is 5.19. The van der Waals surface area contributed by atoms with Crippen LogP contribution in [0.5, 0.6) is 5.75 Å². The maximum Gasteiger partial charge on any atom is 0.247 e. The van der Waals surface area contributed by atoms with Crippen molar-refractivity contribution in [1.29, 1.82) is 0 Å². The van der Waals surface area contributed by atoms with Crippen LogP contribution in [0.2, 0.25) is 0 Å². The molecule has 1 aliphatic rings. The summed E-state index contributed by atoms with van der Waals surface area (Å²) in [5.41, 5.74) is 2.73. The van der Waals surface area contributed by atoms with Gasteiger partial charge in [-0.25, -0.2) is 14.4 Å². The van der Waals surface area contributed by atoms with Crippen molar-refractivity contribution in [3.05, 3.63) is 79.5 Å². The quantitative estimate of drug-likeness (QED) is 0.299. The summed E-state index contributed by atoms with van der Waals surface area (Å²) in [6, 6.07) is 14.1. The normalized spacial score (nSPS) is 15.5.